The van der Waals surface area contributed by atoms with Crippen LogP contribution < -0.4 is 15.0 Å². The number of para-hydroxylation sites is 1. The largest absolute Gasteiger partial charge is 0.493 e. The van der Waals surface area contributed by atoms with Crippen LogP contribution in [0.5, 0.6) is 5.75 Å². The van der Waals surface area contributed by atoms with Gasteiger partial charge in [0, 0.05) is 38.4 Å². The highest BCUT2D eigenvalue weighted by Crippen LogP contribution is 2.24. The van der Waals surface area contributed by atoms with Gasteiger partial charge in [-0.1, -0.05) is 30.3 Å². The third-order valence-corrected chi connectivity index (χ3v) is 5.74. The molecule has 5 nitrogen and oxygen atoms in total. The van der Waals surface area contributed by atoms with Crippen molar-refractivity contribution in [2.24, 2.45) is 0 Å². The lowest BCUT2D eigenvalue weighted by atomic mass is 10.1. The van der Waals surface area contributed by atoms with Gasteiger partial charge in [0.05, 0.1) is 6.61 Å². The number of halogens is 1. The number of nitrogens with one attached hydrogen (secondary N) is 1. The summed E-state index contributed by atoms with van der Waals surface area (Å²) in [7, 11) is 0. The zero-order chi connectivity index (χ0) is 20.8. The van der Waals surface area contributed by atoms with E-state index in [2.05, 4.69) is 68.2 Å². The number of nitrogens with zero attached hydrogens (tertiary/aromatic N) is 2. The number of rotatable bonds is 6. The first-order valence-corrected chi connectivity index (χ1v) is 10.5. The molecule has 164 valence electrons. The van der Waals surface area contributed by atoms with Crippen LogP contribution in [0.25, 0.3) is 0 Å². The number of ether oxygens (including phenoxy) is 1. The minimum atomic E-state index is 0. The standard InChI is InChI=1S/C24H33N3O2.ClH/c1-18-8-6-11-22(21(18)4)26-13-15-27(16-14-26)24(28)25-12-7-17-29-23-19(2)9-5-10-20(23)3;/h5-6,8-11H,7,12-17H2,1-4H3,(H,25,28);1H. The molecule has 30 heavy (non-hydrogen) atoms. The summed E-state index contributed by atoms with van der Waals surface area (Å²) in [4.78, 5) is 16.7. The van der Waals surface area contributed by atoms with Crippen LogP contribution in [0.3, 0.4) is 0 Å². The van der Waals surface area contributed by atoms with Gasteiger partial charge in [-0.25, -0.2) is 4.79 Å². The van der Waals surface area contributed by atoms with Gasteiger partial charge in [-0.15, -0.1) is 12.4 Å². The second-order valence-corrected chi connectivity index (χ2v) is 7.85. The van der Waals surface area contributed by atoms with E-state index in [0.717, 1.165) is 49.5 Å². The second-order valence-electron chi connectivity index (χ2n) is 7.85. The topological polar surface area (TPSA) is 44.8 Å². The molecular formula is C24H34ClN3O2. The van der Waals surface area contributed by atoms with Crippen molar-refractivity contribution in [3.8, 4) is 5.75 Å². The maximum Gasteiger partial charge on any atom is 0.317 e. The van der Waals surface area contributed by atoms with Gasteiger partial charge >= 0.3 is 6.03 Å². The molecule has 0 radical (unpaired) electrons. The molecule has 6 heteroatoms. The number of carbonyl (C=O) groups excluding carboxylic acids is 1. The van der Waals surface area contributed by atoms with Crippen molar-refractivity contribution < 1.29 is 9.53 Å². The predicted molar refractivity (Wildman–Crippen MR) is 126 cm³/mol. The molecule has 0 bridgehead atoms. The lowest BCUT2D eigenvalue weighted by molar-refractivity contribution is 0.193. The molecule has 1 saturated heterocycles. The van der Waals surface area contributed by atoms with Crippen LogP contribution in [-0.4, -0.2) is 50.3 Å². The molecule has 2 aromatic rings. The fraction of sp³-hybridized carbons (Fsp3) is 0.458. The van der Waals surface area contributed by atoms with Gasteiger partial charge in [0.1, 0.15) is 5.75 Å². The molecule has 1 N–H and O–H groups in total. The van der Waals surface area contributed by atoms with Gasteiger partial charge in [0.2, 0.25) is 0 Å². The highest BCUT2D eigenvalue weighted by Gasteiger charge is 2.22. The Labute approximate surface area is 186 Å². The van der Waals surface area contributed by atoms with E-state index < -0.39 is 0 Å². The normalized spacial score (nSPS) is 13.6. The van der Waals surface area contributed by atoms with Crippen molar-refractivity contribution in [3.05, 3.63) is 58.7 Å². The smallest absolute Gasteiger partial charge is 0.317 e. The van der Waals surface area contributed by atoms with Gasteiger partial charge in [-0.05, 0) is 62.4 Å². The summed E-state index contributed by atoms with van der Waals surface area (Å²) >= 11 is 0. The average Bonchev–Trinajstić information content (AvgIpc) is 2.72. The number of hydrogen-bond acceptors (Lipinski definition) is 3. The van der Waals surface area contributed by atoms with E-state index in [1.54, 1.807) is 0 Å². The summed E-state index contributed by atoms with van der Waals surface area (Å²) in [6, 6.07) is 12.6. The van der Waals surface area contributed by atoms with Crippen LogP contribution in [0.2, 0.25) is 0 Å². The maximum atomic E-state index is 12.5. The van der Waals surface area contributed by atoms with Crippen LogP contribution in [0.4, 0.5) is 10.5 Å². The molecule has 0 aromatic heterocycles. The Morgan fingerprint density at radius 1 is 0.933 bits per heavy atom. The first-order chi connectivity index (χ1) is 14.0. The SMILES string of the molecule is Cc1cccc(N2CCN(C(=O)NCCCOc3c(C)cccc3C)CC2)c1C.Cl. The number of amides is 2. The summed E-state index contributed by atoms with van der Waals surface area (Å²) in [6.07, 6.45) is 0.794. The van der Waals surface area contributed by atoms with E-state index in [0.29, 0.717) is 13.2 Å². The first-order valence-electron chi connectivity index (χ1n) is 10.5. The van der Waals surface area contributed by atoms with Crippen molar-refractivity contribution in [1.82, 2.24) is 10.2 Å². The summed E-state index contributed by atoms with van der Waals surface area (Å²) in [5, 5.41) is 3.03. The van der Waals surface area contributed by atoms with E-state index in [9.17, 15) is 4.79 Å². The van der Waals surface area contributed by atoms with Crippen molar-refractivity contribution in [1.29, 1.82) is 0 Å². The molecule has 0 saturated carbocycles. The quantitative estimate of drug-likeness (QED) is 0.677. The summed E-state index contributed by atoms with van der Waals surface area (Å²) < 4.78 is 5.91. The van der Waals surface area contributed by atoms with E-state index in [1.165, 1.54) is 16.8 Å². The molecule has 0 unspecified atom stereocenters. The van der Waals surface area contributed by atoms with E-state index in [-0.39, 0.29) is 18.4 Å². The molecular weight excluding hydrogens is 398 g/mol. The lowest BCUT2D eigenvalue weighted by Crippen LogP contribution is -2.52. The van der Waals surface area contributed by atoms with Crippen LogP contribution in [-0.2, 0) is 0 Å². The van der Waals surface area contributed by atoms with Gasteiger partial charge < -0.3 is 19.9 Å². The fourth-order valence-electron chi connectivity index (χ4n) is 3.81. The Bertz CT molecular complexity index is 828. The number of carbonyl (C=O) groups is 1. The Kier molecular flexibility index (Phi) is 8.85. The predicted octanol–water partition coefficient (Wildman–Crippen LogP) is 4.64. The van der Waals surface area contributed by atoms with Gasteiger partial charge in [-0.2, -0.15) is 0 Å². The zero-order valence-electron chi connectivity index (χ0n) is 18.5. The third kappa shape index (κ3) is 5.82. The molecule has 1 heterocycles. The van der Waals surface area contributed by atoms with E-state index in [4.69, 9.17) is 4.74 Å². The van der Waals surface area contributed by atoms with Crippen LogP contribution in [0.15, 0.2) is 36.4 Å². The summed E-state index contributed by atoms with van der Waals surface area (Å²) in [5.74, 6) is 0.960. The zero-order valence-corrected chi connectivity index (χ0v) is 19.3. The van der Waals surface area contributed by atoms with E-state index in [1.807, 2.05) is 11.0 Å². The minimum absolute atomic E-state index is 0. The third-order valence-electron chi connectivity index (χ3n) is 5.74. The monoisotopic (exact) mass is 431 g/mol. The molecule has 3 rings (SSSR count). The number of aryl methyl sites for hydroxylation is 3. The second kappa shape index (κ2) is 11.1. The molecule has 1 aliphatic heterocycles. The first kappa shape index (κ1) is 23.9. The Morgan fingerprint density at radius 2 is 1.53 bits per heavy atom. The number of hydrogen-bond donors (Lipinski definition) is 1. The Balaban J connectivity index is 0.00000320. The van der Waals surface area contributed by atoms with E-state index >= 15 is 0 Å². The maximum absolute atomic E-state index is 12.5. The molecule has 0 atom stereocenters. The Hall–Kier alpha value is -2.40. The number of anilines is 1. The average molecular weight is 432 g/mol. The molecule has 1 aliphatic rings. The van der Waals surface area contributed by atoms with Gasteiger partial charge in [0.15, 0.2) is 0 Å². The van der Waals surface area contributed by atoms with Crippen LogP contribution in [0.1, 0.15) is 28.7 Å². The van der Waals surface area contributed by atoms with Crippen molar-refractivity contribution in [2.75, 3.05) is 44.2 Å². The van der Waals surface area contributed by atoms with Crippen LogP contribution >= 0.6 is 12.4 Å². The van der Waals surface area contributed by atoms with Crippen molar-refractivity contribution >= 4 is 24.1 Å². The van der Waals surface area contributed by atoms with Gasteiger partial charge in [0.25, 0.3) is 0 Å². The summed E-state index contributed by atoms with van der Waals surface area (Å²) in [6.45, 7) is 12.9. The molecule has 0 aliphatic carbocycles. The molecule has 0 spiro atoms. The highest BCUT2D eigenvalue weighted by atomic mass is 35.5. The molecule has 2 aromatic carbocycles. The Morgan fingerprint density at radius 3 is 2.20 bits per heavy atom. The lowest BCUT2D eigenvalue weighted by Gasteiger charge is -2.37. The van der Waals surface area contributed by atoms with Crippen molar-refractivity contribution in [2.45, 2.75) is 34.1 Å². The van der Waals surface area contributed by atoms with Crippen molar-refractivity contribution in [3.63, 3.8) is 0 Å². The van der Waals surface area contributed by atoms with Gasteiger partial charge in [-0.3, -0.25) is 0 Å². The number of urea groups is 1. The number of piperazine rings is 1. The van der Waals surface area contributed by atoms with Crippen LogP contribution in [0, 0.1) is 27.7 Å². The molecule has 2 amide bonds. The highest BCUT2D eigenvalue weighted by molar-refractivity contribution is 5.85. The minimum Gasteiger partial charge on any atom is -0.493 e. The summed E-state index contributed by atoms with van der Waals surface area (Å²) in [5.41, 5.74) is 6.22. The number of benzene rings is 2. The molecule has 1 fully saturated rings. The fourth-order valence-corrected chi connectivity index (χ4v) is 3.81.